The molecule has 1 amide bonds. The molecule has 1 unspecified atom stereocenters. The number of nitrogens with one attached hydrogen (secondary N) is 1. The third kappa shape index (κ3) is 2.82. The third-order valence-electron chi connectivity index (χ3n) is 3.42. The van der Waals surface area contributed by atoms with Crippen molar-refractivity contribution in [3.63, 3.8) is 0 Å². The molecule has 0 bridgehead atoms. The highest BCUT2D eigenvalue weighted by molar-refractivity contribution is 5.93. The van der Waals surface area contributed by atoms with E-state index in [2.05, 4.69) is 17.1 Å². The fraction of sp³-hybridized carbons (Fsp3) is 0.500. The Labute approximate surface area is 108 Å². The Morgan fingerprint density at radius 3 is 2.67 bits per heavy atom. The lowest BCUT2D eigenvalue weighted by molar-refractivity contribution is 0.100. The maximum atomic E-state index is 11.1. The van der Waals surface area contributed by atoms with Gasteiger partial charge in [0.1, 0.15) is 0 Å². The third-order valence-corrected chi connectivity index (χ3v) is 3.42. The van der Waals surface area contributed by atoms with Crippen molar-refractivity contribution in [3.8, 4) is 0 Å². The van der Waals surface area contributed by atoms with E-state index in [0.29, 0.717) is 11.6 Å². The number of hydrogen-bond acceptors (Lipinski definition) is 3. The number of anilines is 1. The number of amides is 1. The molecule has 1 aliphatic rings. The second kappa shape index (κ2) is 5.87. The largest absolute Gasteiger partial charge is 0.367 e. The average Bonchev–Trinajstić information content (AvgIpc) is 2.90. The maximum Gasteiger partial charge on any atom is 0.248 e. The lowest BCUT2D eigenvalue weighted by Gasteiger charge is -2.30. The summed E-state index contributed by atoms with van der Waals surface area (Å²) < 4.78 is 0. The first kappa shape index (κ1) is 12.9. The van der Waals surface area contributed by atoms with E-state index in [1.165, 1.54) is 12.1 Å². The van der Waals surface area contributed by atoms with E-state index in [4.69, 9.17) is 5.73 Å². The van der Waals surface area contributed by atoms with Gasteiger partial charge in [-0.1, -0.05) is 6.92 Å². The van der Waals surface area contributed by atoms with Gasteiger partial charge in [0.25, 0.3) is 0 Å². The monoisotopic (exact) mass is 247 g/mol. The van der Waals surface area contributed by atoms with Crippen molar-refractivity contribution in [1.82, 2.24) is 5.32 Å². The number of hydrogen-bond donors (Lipinski definition) is 2. The molecule has 4 nitrogen and oxygen atoms in total. The van der Waals surface area contributed by atoms with Crippen molar-refractivity contribution in [2.24, 2.45) is 5.73 Å². The first-order valence-electron chi connectivity index (χ1n) is 6.59. The normalized spacial score (nSPS) is 18.8. The number of carbonyl (C=O) groups is 1. The SMILES string of the molecule is CCCN(c1ccc(C(N)=O)cc1)C1CCNC1. The van der Waals surface area contributed by atoms with Crippen LogP contribution in [0.4, 0.5) is 5.69 Å². The van der Waals surface area contributed by atoms with Crippen LogP contribution in [0.2, 0.25) is 0 Å². The van der Waals surface area contributed by atoms with Gasteiger partial charge in [-0.3, -0.25) is 4.79 Å². The fourth-order valence-electron chi connectivity index (χ4n) is 2.49. The Morgan fingerprint density at radius 1 is 1.44 bits per heavy atom. The molecule has 0 radical (unpaired) electrons. The molecule has 0 saturated carbocycles. The van der Waals surface area contributed by atoms with Crippen LogP contribution >= 0.6 is 0 Å². The summed E-state index contributed by atoms with van der Waals surface area (Å²) >= 11 is 0. The summed E-state index contributed by atoms with van der Waals surface area (Å²) in [6.45, 7) is 5.36. The number of carbonyl (C=O) groups excluding carboxylic acids is 1. The quantitative estimate of drug-likeness (QED) is 0.826. The molecule has 3 N–H and O–H groups in total. The van der Waals surface area contributed by atoms with Gasteiger partial charge in [-0.25, -0.2) is 0 Å². The topological polar surface area (TPSA) is 58.4 Å². The minimum Gasteiger partial charge on any atom is -0.367 e. The predicted molar refractivity (Wildman–Crippen MR) is 73.9 cm³/mol. The van der Waals surface area contributed by atoms with Crippen LogP contribution in [0.3, 0.4) is 0 Å². The fourth-order valence-corrected chi connectivity index (χ4v) is 2.49. The molecule has 1 aromatic rings. The van der Waals surface area contributed by atoms with Gasteiger partial charge >= 0.3 is 0 Å². The van der Waals surface area contributed by atoms with E-state index in [0.717, 1.165) is 26.1 Å². The summed E-state index contributed by atoms with van der Waals surface area (Å²) in [6, 6.07) is 8.16. The van der Waals surface area contributed by atoms with Gasteiger partial charge in [0.05, 0.1) is 0 Å². The summed E-state index contributed by atoms with van der Waals surface area (Å²) in [5, 5.41) is 3.39. The molecule has 1 atom stereocenters. The Bertz CT molecular complexity index is 396. The van der Waals surface area contributed by atoms with Crippen LogP contribution in [-0.2, 0) is 0 Å². The predicted octanol–water partition coefficient (Wildman–Crippen LogP) is 1.36. The number of nitrogens with zero attached hydrogens (tertiary/aromatic N) is 1. The standard InChI is InChI=1S/C14H21N3O/c1-2-9-17(13-7-8-16-10-13)12-5-3-11(4-6-12)14(15)18/h3-6,13,16H,2,7-10H2,1H3,(H2,15,18). The molecule has 1 fully saturated rings. The summed E-state index contributed by atoms with van der Waals surface area (Å²) in [5.41, 5.74) is 7.00. The van der Waals surface area contributed by atoms with E-state index in [-0.39, 0.29) is 5.91 Å². The van der Waals surface area contributed by atoms with Crippen molar-refractivity contribution < 1.29 is 4.79 Å². The Balaban J connectivity index is 2.16. The molecule has 0 aliphatic carbocycles. The lowest BCUT2D eigenvalue weighted by atomic mass is 10.1. The van der Waals surface area contributed by atoms with E-state index < -0.39 is 0 Å². The minimum atomic E-state index is -0.369. The van der Waals surface area contributed by atoms with Gasteiger partial charge < -0.3 is 16.0 Å². The van der Waals surface area contributed by atoms with Gasteiger partial charge in [-0.05, 0) is 43.7 Å². The van der Waals surface area contributed by atoms with E-state index in [1.54, 1.807) is 0 Å². The summed E-state index contributed by atoms with van der Waals surface area (Å²) in [6.07, 6.45) is 2.30. The lowest BCUT2D eigenvalue weighted by Crippen LogP contribution is -2.37. The molecule has 0 spiro atoms. The van der Waals surface area contributed by atoms with Crippen molar-refractivity contribution in [3.05, 3.63) is 29.8 Å². The zero-order chi connectivity index (χ0) is 13.0. The molecule has 2 rings (SSSR count). The molecule has 1 heterocycles. The van der Waals surface area contributed by atoms with Crippen molar-refractivity contribution in [1.29, 1.82) is 0 Å². The zero-order valence-electron chi connectivity index (χ0n) is 10.9. The highest BCUT2D eigenvalue weighted by atomic mass is 16.1. The van der Waals surface area contributed by atoms with E-state index in [1.807, 2.05) is 24.3 Å². The second-order valence-electron chi connectivity index (χ2n) is 4.75. The van der Waals surface area contributed by atoms with Crippen molar-refractivity contribution >= 4 is 11.6 Å². The summed E-state index contributed by atoms with van der Waals surface area (Å²) in [7, 11) is 0. The molecule has 0 aromatic heterocycles. The molecular weight excluding hydrogens is 226 g/mol. The molecular formula is C14H21N3O. The highest BCUT2D eigenvalue weighted by Gasteiger charge is 2.21. The van der Waals surface area contributed by atoms with Crippen LogP contribution < -0.4 is 16.0 Å². The van der Waals surface area contributed by atoms with Crippen LogP contribution in [0, 0.1) is 0 Å². The van der Waals surface area contributed by atoms with Crippen LogP contribution in [-0.4, -0.2) is 31.6 Å². The van der Waals surface area contributed by atoms with Gasteiger partial charge in [0, 0.05) is 30.4 Å². The molecule has 1 saturated heterocycles. The van der Waals surface area contributed by atoms with E-state index >= 15 is 0 Å². The molecule has 4 heteroatoms. The Morgan fingerprint density at radius 2 is 2.17 bits per heavy atom. The van der Waals surface area contributed by atoms with Crippen molar-refractivity contribution in [2.45, 2.75) is 25.8 Å². The molecule has 1 aliphatic heterocycles. The van der Waals surface area contributed by atoms with Crippen molar-refractivity contribution in [2.75, 3.05) is 24.5 Å². The van der Waals surface area contributed by atoms with Gasteiger partial charge in [0.2, 0.25) is 5.91 Å². The first-order chi connectivity index (χ1) is 8.72. The van der Waals surface area contributed by atoms with Crippen LogP contribution in [0.15, 0.2) is 24.3 Å². The summed E-state index contributed by atoms with van der Waals surface area (Å²) in [5.74, 6) is -0.369. The van der Waals surface area contributed by atoms with Gasteiger partial charge in [0.15, 0.2) is 0 Å². The number of rotatable bonds is 5. The van der Waals surface area contributed by atoms with Crippen LogP contribution in [0.25, 0.3) is 0 Å². The molecule has 1 aromatic carbocycles. The maximum absolute atomic E-state index is 11.1. The number of nitrogens with two attached hydrogens (primary N) is 1. The average molecular weight is 247 g/mol. The number of benzene rings is 1. The second-order valence-corrected chi connectivity index (χ2v) is 4.75. The highest BCUT2D eigenvalue weighted by Crippen LogP contribution is 2.21. The Hall–Kier alpha value is -1.55. The zero-order valence-corrected chi connectivity index (χ0v) is 10.9. The minimum absolute atomic E-state index is 0.369. The Kier molecular flexibility index (Phi) is 4.20. The molecule has 98 valence electrons. The van der Waals surface area contributed by atoms with E-state index in [9.17, 15) is 4.79 Å². The van der Waals surface area contributed by atoms with Crippen LogP contribution in [0.1, 0.15) is 30.1 Å². The smallest absolute Gasteiger partial charge is 0.248 e. The molecule has 18 heavy (non-hydrogen) atoms. The van der Waals surface area contributed by atoms with Gasteiger partial charge in [-0.15, -0.1) is 0 Å². The van der Waals surface area contributed by atoms with Crippen LogP contribution in [0.5, 0.6) is 0 Å². The summed E-state index contributed by atoms with van der Waals surface area (Å²) in [4.78, 5) is 13.5. The number of primary amides is 1. The van der Waals surface area contributed by atoms with Gasteiger partial charge in [-0.2, -0.15) is 0 Å². The first-order valence-corrected chi connectivity index (χ1v) is 6.59.